The molecule has 0 aromatic carbocycles. The van der Waals surface area contributed by atoms with Crippen LogP contribution < -0.4 is 16.0 Å². The third-order valence-corrected chi connectivity index (χ3v) is 2.78. The second-order valence-corrected chi connectivity index (χ2v) is 4.27. The number of methoxy groups -OCH3 is 1. The minimum absolute atomic E-state index is 0.129. The van der Waals surface area contributed by atoms with Gasteiger partial charge in [0.05, 0.1) is 19.3 Å². The lowest BCUT2D eigenvalue weighted by atomic mass is 10.3. The van der Waals surface area contributed by atoms with Crippen LogP contribution in [0, 0.1) is 6.92 Å². The van der Waals surface area contributed by atoms with Crippen molar-refractivity contribution in [2.75, 3.05) is 7.11 Å². The summed E-state index contributed by atoms with van der Waals surface area (Å²) in [6, 6.07) is 4.86. The van der Waals surface area contributed by atoms with Crippen molar-refractivity contribution in [3.8, 4) is 5.75 Å². The van der Waals surface area contributed by atoms with Crippen LogP contribution in [-0.2, 0) is 13.6 Å². The number of pyridine rings is 1. The Bertz CT molecular complexity index is 716. The lowest BCUT2D eigenvalue weighted by Gasteiger charge is -2.08. The summed E-state index contributed by atoms with van der Waals surface area (Å²) in [7, 11) is 3.16. The maximum Gasteiger partial charge on any atom is 0.331 e. The van der Waals surface area contributed by atoms with Crippen molar-refractivity contribution in [3.05, 3.63) is 56.6 Å². The second-order valence-electron chi connectivity index (χ2n) is 4.27. The summed E-state index contributed by atoms with van der Waals surface area (Å²) in [4.78, 5) is 27.9. The summed E-state index contributed by atoms with van der Waals surface area (Å²) in [5.41, 5.74) is 0.678. The molecule has 0 atom stereocenters. The molecule has 0 aliphatic carbocycles. The third-order valence-electron chi connectivity index (χ3n) is 2.78. The van der Waals surface area contributed by atoms with Crippen LogP contribution in [0.25, 0.3) is 0 Å². The Hall–Kier alpha value is -2.37. The normalized spacial score (nSPS) is 10.5. The fraction of sp³-hybridized carbons (Fsp3) is 0.308. The molecule has 0 bridgehead atoms. The Morgan fingerprint density at radius 1 is 1.32 bits per heavy atom. The zero-order chi connectivity index (χ0) is 14.0. The highest BCUT2D eigenvalue weighted by Gasteiger charge is 2.07. The van der Waals surface area contributed by atoms with Gasteiger partial charge in [0.1, 0.15) is 5.75 Å². The van der Waals surface area contributed by atoms with E-state index in [1.807, 2.05) is 6.92 Å². The molecule has 0 radical (unpaired) electrons. The average Bonchev–Trinajstić information content (AvgIpc) is 2.38. The van der Waals surface area contributed by atoms with E-state index in [1.54, 1.807) is 26.3 Å². The second kappa shape index (κ2) is 5.09. The molecule has 19 heavy (non-hydrogen) atoms. The van der Waals surface area contributed by atoms with E-state index in [1.165, 1.54) is 16.8 Å². The number of aryl methyl sites for hydroxylation is 2. The Morgan fingerprint density at radius 2 is 2.05 bits per heavy atom. The molecule has 0 saturated carbocycles. The number of aromatic nitrogens is 3. The van der Waals surface area contributed by atoms with Crippen molar-refractivity contribution in [3.63, 3.8) is 0 Å². The highest BCUT2D eigenvalue weighted by molar-refractivity contribution is 5.26. The van der Waals surface area contributed by atoms with Crippen molar-refractivity contribution in [1.29, 1.82) is 0 Å². The van der Waals surface area contributed by atoms with Gasteiger partial charge in [-0.3, -0.25) is 14.3 Å². The molecular formula is C13H15N3O3. The van der Waals surface area contributed by atoms with Crippen molar-refractivity contribution >= 4 is 0 Å². The molecule has 6 nitrogen and oxygen atoms in total. The monoisotopic (exact) mass is 261 g/mol. The van der Waals surface area contributed by atoms with Gasteiger partial charge in [0, 0.05) is 37.1 Å². The first-order chi connectivity index (χ1) is 9.01. The van der Waals surface area contributed by atoms with E-state index < -0.39 is 0 Å². The molecule has 2 aromatic heterocycles. The van der Waals surface area contributed by atoms with E-state index in [0.29, 0.717) is 11.4 Å². The van der Waals surface area contributed by atoms with E-state index in [-0.39, 0.29) is 17.8 Å². The number of hydrogen-bond donors (Lipinski definition) is 0. The lowest BCUT2D eigenvalue weighted by molar-refractivity contribution is 0.412. The van der Waals surface area contributed by atoms with Crippen LogP contribution in [-0.4, -0.2) is 21.2 Å². The molecule has 2 rings (SSSR count). The van der Waals surface area contributed by atoms with Gasteiger partial charge in [0.2, 0.25) is 0 Å². The number of rotatable bonds is 3. The first-order valence-corrected chi connectivity index (χ1v) is 5.79. The average molecular weight is 261 g/mol. The van der Waals surface area contributed by atoms with Crippen molar-refractivity contribution in [2.45, 2.75) is 13.5 Å². The van der Waals surface area contributed by atoms with E-state index in [9.17, 15) is 9.59 Å². The molecule has 0 unspecified atom stereocenters. The zero-order valence-corrected chi connectivity index (χ0v) is 11.1. The molecule has 0 aliphatic heterocycles. The van der Waals surface area contributed by atoms with Gasteiger partial charge in [0.15, 0.2) is 0 Å². The Labute approximate surface area is 109 Å². The molecule has 0 aliphatic rings. The Morgan fingerprint density at radius 3 is 2.74 bits per heavy atom. The SMILES string of the molecule is COc1cc(C)nc(Cn2c(=O)ccn(C)c2=O)c1. The van der Waals surface area contributed by atoms with Gasteiger partial charge in [-0.25, -0.2) is 4.79 Å². The van der Waals surface area contributed by atoms with E-state index >= 15 is 0 Å². The van der Waals surface area contributed by atoms with Gasteiger partial charge >= 0.3 is 5.69 Å². The van der Waals surface area contributed by atoms with Gasteiger partial charge in [-0.2, -0.15) is 0 Å². The lowest BCUT2D eigenvalue weighted by Crippen LogP contribution is -2.38. The van der Waals surface area contributed by atoms with E-state index in [4.69, 9.17) is 4.74 Å². The summed E-state index contributed by atoms with van der Waals surface area (Å²) < 4.78 is 7.64. The molecular weight excluding hydrogens is 246 g/mol. The van der Waals surface area contributed by atoms with Gasteiger partial charge in [-0.1, -0.05) is 0 Å². The van der Waals surface area contributed by atoms with Gasteiger partial charge in [-0.15, -0.1) is 0 Å². The third kappa shape index (κ3) is 2.73. The van der Waals surface area contributed by atoms with Crippen LogP contribution in [0.2, 0.25) is 0 Å². The van der Waals surface area contributed by atoms with Crippen LogP contribution in [0.4, 0.5) is 0 Å². The molecule has 0 amide bonds. The van der Waals surface area contributed by atoms with Gasteiger partial charge < -0.3 is 9.30 Å². The topological polar surface area (TPSA) is 66.1 Å². The van der Waals surface area contributed by atoms with Crippen molar-refractivity contribution < 1.29 is 4.74 Å². The molecule has 100 valence electrons. The first kappa shape index (κ1) is 13.1. The van der Waals surface area contributed by atoms with Crippen molar-refractivity contribution in [1.82, 2.24) is 14.1 Å². The molecule has 6 heteroatoms. The molecule has 2 aromatic rings. The predicted octanol–water partition coefficient (Wildman–Crippen LogP) is 0.307. The molecule has 0 N–H and O–H groups in total. The smallest absolute Gasteiger partial charge is 0.331 e. The summed E-state index contributed by atoms with van der Waals surface area (Å²) in [6.45, 7) is 1.96. The van der Waals surface area contributed by atoms with Crippen LogP contribution in [0.5, 0.6) is 5.75 Å². The quantitative estimate of drug-likeness (QED) is 0.797. The summed E-state index contributed by atoms with van der Waals surface area (Å²) in [6.07, 6.45) is 1.45. The number of ether oxygens (including phenoxy) is 1. The number of nitrogens with zero attached hydrogens (tertiary/aromatic N) is 3. The highest BCUT2D eigenvalue weighted by atomic mass is 16.5. The van der Waals surface area contributed by atoms with Crippen LogP contribution >= 0.6 is 0 Å². The first-order valence-electron chi connectivity index (χ1n) is 5.79. The highest BCUT2D eigenvalue weighted by Crippen LogP contribution is 2.13. The summed E-state index contributed by atoms with van der Waals surface area (Å²) in [5, 5.41) is 0. The summed E-state index contributed by atoms with van der Waals surface area (Å²) >= 11 is 0. The van der Waals surface area contributed by atoms with Crippen LogP contribution in [0.15, 0.2) is 34.0 Å². The predicted molar refractivity (Wildman–Crippen MR) is 70.6 cm³/mol. The maximum atomic E-state index is 11.9. The van der Waals surface area contributed by atoms with Gasteiger partial charge in [-0.05, 0) is 6.92 Å². The van der Waals surface area contributed by atoms with Crippen LogP contribution in [0.3, 0.4) is 0 Å². The molecule has 0 saturated heterocycles. The fourth-order valence-corrected chi connectivity index (χ4v) is 1.82. The maximum absolute atomic E-state index is 11.9. The Balaban J connectivity index is 2.47. The molecule has 0 fully saturated rings. The van der Waals surface area contributed by atoms with E-state index in [0.717, 1.165) is 10.3 Å². The molecule has 0 spiro atoms. The molecule has 2 heterocycles. The van der Waals surface area contributed by atoms with Crippen LogP contribution in [0.1, 0.15) is 11.4 Å². The minimum Gasteiger partial charge on any atom is -0.497 e. The van der Waals surface area contributed by atoms with Gasteiger partial charge in [0.25, 0.3) is 5.56 Å². The summed E-state index contributed by atoms with van der Waals surface area (Å²) in [5.74, 6) is 0.656. The fourth-order valence-electron chi connectivity index (χ4n) is 1.82. The number of hydrogen-bond acceptors (Lipinski definition) is 4. The minimum atomic E-state index is -0.366. The standard InChI is InChI=1S/C13H15N3O3/c1-9-6-11(19-3)7-10(14-9)8-16-12(17)4-5-15(2)13(16)18/h4-7H,8H2,1-3H3. The Kier molecular flexibility index (Phi) is 3.50. The van der Waals surface area contributed by atoms with Crippen molar-refractivity contribution in [2.24, 2.45) is 7.05 Å². The zero-order valence-electron chi connectivity index (χ0n) is 11.1. The largest absolute Gasteiger partial charge is 0.497 e. The van der Waals surface area contributed by atoms with E-state index in [2.05, 4.69) is 4.98 Å².